The predicted molar refractivity (Wildman–Crippen MR) is 197 cm³/mol. The molecule has 8 rings (SSSR count). The second-order valence-corrected chi connectivity index (χ2v) is 14.1. The van der Waals surface area contributed by atoms with Gasteiger partial charge in [0.1, 0.15) is 11.6 Å². The van der Waals surface area contributed by atoms with E-state index in [0.717, 1.165) is 69.6 Å². The van der Waals surface area contributed by atoms with Crippen molar-refractivity contribution in [3.8, 4) is 28.7 Å². The molecule has 3 aromatic heterocycles. The first-order valence-electron chi connectivity index (χ1n) is 17.5. The van der Waals surface area contributed by atoms with Crippen LogP contribution in [0.25, 0.3) is 44.6 Å². The van der Waals surface area contributed by atoms with Gasteiger partial charge in [0.05, 0.1) is 27.7 Å². The number of aliphatic carboxylic acids is 1. The Morgan fingerprint density at radius 1 is 0.980 bits per heavy atom. The molecule has 0 spiro atoms. The Bertz CT molecular complexity index is 2340. The Hall–Kier alpha value is -5.14. The molecule has 2 aliphatic heterocycles. The molecule has 0 bridgehead atoms. The van der Waals surface area contributed by atoms with E-state index in [4.69, 9.17) is 31.0 Å². The zero-order valence-corrected chi connectivity index (χ0v) is 29.2. The molecule has 10 heteroatoms. The summed E-state index contributed by atoms with van der Waals surface area (Å²) in [7, 11) is 0. The van der Waals surface area contributed by atoms with Crippen molar-refractivity contribution in [3.05, 3.63) is 112 Å². The van der Waals surface area contributed by atoms with Gasteiger partial charge in [-0.2, -0.15) is 5.26 Å². The van der Waals surface area contributed by atoms with Gasteiger partial charge in [0.15, 0.2) is 5.58 Å². The number of hydrogen-bond acceptors (Lipinski definition) is 8. The lowest BCUT2D eigenvalue weighted by molar-refractivity contribution is -0.141. The molecule has 1 N–H and O–H groups in total. The van der Waals surface area contributed by atoms with Gasteiger partial charge in [-0.1, -0.05) is 41.9 Å². The van der Waals surface area contributed by atoms with Crippen molar-refractivity contribution in [3.63, 3.8) is 0 Å². The third-order valence-electron chi connectivity index (χ3n) is 10.3. The molecule has 2 saturated heterocycles. The van der Waals surface area contributed by atoms with Gasteiger partial charge in [-0.05, 0) is 104 Å². The summed E-state index contributed by atoms with van der Waals surface area (Å²) >= 11 is 7.19. The number of carboxylic acid groups (broad SMARTS) is 1. The van der Waals surface area contributed by atoms with Gasteiger partial charge in [0, 0.05) is 55.0 Å². The molecule has 0 unspecified atom stereocenters. The lowest BCUT2D eigenvalue weighted by Crippen LogP contribution is -2.22. The molecule has 0 radical (unpaired) electrons. The molecule has 0 amide bonds. The van der Waals surface area contributed by atoms with E-state index in [1.807, 2.05) is 73.9 Å². The molecule has 256 valence electrons. The fraction of sp³-hybridized carbons (Fsp3) is 0.293. The number of pyridine rings is 2. The average Bonchev–Trinajstić information content (AvgIpc) is 3.91. The fourth-order valence-electron chi connectivity index (χ4n) is 7.66. The third-order valence-corrected chi connectivity index (χ3v) is 10.8. The summed E-state index contributed by atoms with van der Waals surface area (Å²) in [5.74, 6) is -0.706. The van der Waals surface area contributed by atoms with Crippen LogP contribution in [0.2, 0.25) is 5.02 Å². The molecule has 3 aromatic carbocycles. The first kappa shape index (κ1) is 33.0. The molecule has 6 aromatic rings. The van der Waals surface area contributed by atoms with Gasteiger partial charge in [-0.15, -0.1) is 0 Å². The van der Waals surface area contributed by atoms with Gasteiger partial charge < -0.3 is 9.52 Å². The minimum atomic E-state index is -0.766. The van der Waals surface area contributed by atoms with Crippen LogP contribution in [-0.2, 0) is 24.3 Å². The Morgan fingerprint density at radius 3 is 2.57 bits per heavy atom. The Kier molecular flexibility index (Phi) is 8.99. The maximum Gasteiger partial charge on any atom is 0.307 e. The normalized spacial score (nSPS) is 16.7. The van der Waals surface area contributed by atoms with Crippen LogP contribution in [0.15, 0.2) is 77.5 Å². The Morgan fingerprint density at radius 2 is 1.76 bits per heavy atom. The van der Waals surface area contributed by atoms with Crippen molar-refractivity contribution < 1.29 is 14.3 Å². The SMILES string of the molecule is Cc1c(-c2nc3cc(CN4CC[C@@H](C(=O)O)C4)cc(C#N)c3o2)cccc1-c1cccc(Cc2nccc3cc(CN4CCCC4)cnc23)c1Cl. The number of rotatable bonds is 9. The summed E-state index contributed by atoms with van der Waals surface area (Å²) in [6, 6.07) is 22.3. The molecule has 5 heterocycles. The van der Waals surface area contributed by atoms with Gasteiger partial charge in [0.25, 0.3) is 0 Å². The largest absolute Gasteiger partial charge is 0.481 e. The number of carboxylic acids is 1. The standard InChI is InChI=1S/C41H37ClN6O3/c1-25-32(7-5-8-33(25)40-46-36-18-26(16-31(20-43)39(36)51-40)22-48-15-11-30(24-48)41(49)50)34-9-4-6-28(37(34)42)19-35-38-29(10-12-44-35)17-27(21-45-38)23-47-13-2-3-14-47/h4-10,12,16-18,21,30H,2-3,11,13-15,19,22-24H2,1H3,(H,49,50)/t30-/m1/s1. The van der Waals surface area contributed by atoms with Gasteiger partial charge >= 0.3 is 5.97 Å². The minimum absolute atomic E-state index is 0.364. The number of nitriles is 1. The van der Waals surface area contributed by atoms with Gasteiger partial charge in [-0.25, -0.2) is 4.98 Å². The summed E-state index contributed by atoms with van der Waals surface area (Å²) in [4.78, 5) is 30.5. The maximum absolute atomic E-state index is 11.5. The topological polar surface area (TPSA) is 119 Å². The summed E-state index contributed by atoms with van der Waals surface area (Å²) in [5.41, 5.74) is 9.91. The van der Waals surface area contributed by atoms with Crippen LogP contribution in [0.3, 0.4) is 0 Å². The molecular formula is C41H37ClN6O3. The Labute approximate surface area is 301 Å². The van der Waals surface area contributed by atoms with Crippen molar-refractivity contribution in [2.45, 2.75) is 45.7 Å². The van der Waals surface area contributed by atoms with E-state index < -0.39 is 5.97 Å². The number of carbonyl (C=O) groups is 1. The van der Waals surface area contributed by atoms with Crippen LogP contribution in [-0.4, -0.2) is 62.0 Å². The van der Waals surface area contributed by atoms with E-state index in [2.05, 4.69) is 21.9 Å². The highest BCUT2D eigenvalue weighted by Crippen LogP contribution is 2.38. The summed E-state index contributed by atoms with van der Waals surface area (Å²) < 4.78 is 6.26. The Balaban J connectivity index is 1.08. The van der Waals surface area contributed by atoms with E-state index in [1.165, 1.54) is 18.4 Å². The fourth-order valence-corrected chi connectivity index (χ4v) is 7.95. The van der Waals surface area contributed by atoms with Crippen LogP contribution in [0.1, 0.15) is 52.8 Å². The highest BCUT2D eigenvalue weighted by atomic mass is 35.5. The zero-order valence-electron chi connectivity index (χ0n) is 28.4. The molecule has 9 nitrogen and oxygen atoms in total. The summed E-state index contributed by atoms with van der Waals surface area (Å²) in [6.45, 7) is 6.98. The molecule has 0 aliphatic carbocycles. The second-order valence-electron chi connectivity index (χ2n) is 13.8. The summed E-state index contributed by atoms with van der Waals surface area (Å²) in [5, 5.41) is 21.1. The lowest BCUT2D eigenvalue weighted by atomic mass is 9.94. The van der Waals surface area contributed by atoms with E-state index >= 15 is 0 Å². The molecular weight excluding hydrogens is 660 g/mol. The quantitative estimate of drug-likeness (QED) is 0.160. The van der Waals surface area contributed by atoms with E-state index in [0.29, 0.717) is 60.1 Å². The van der Waals surface area contributed by atoms with Crippen molar-refractivity contribution in [1.29, 1.82) is 5.26 Å². The van der Waals surface area contributed by atoms with E-state index in [-0.39, 0.29) is 5.92 Å². The number of aromatic nitrogens is 3. The van der Waals surface area contributed by atoms with Crippen LogP contribution >= 0.6 is 11.6 Å². The van der Waals surface area contributed by atoms with Crippen molar-refractivity contribution in [1.82, 2.24) is 24.8 Å². The first-order chi connectivity index (χ1) is 24.8. The first-order valence-corrected chi connectivity index (χ1v) is 17.8. The van der Waals surface area contributed by atoms with Crippen LogP contribution in [0, 0.1) is 24.2 Å². The average molecular weight is 697 g/mol. The number of oxazole rings is 1. The number of fused-ring (bicyclic) bond motifs is 2. The highest BCUT2D eigenvalue weighted by Gasteiger charge is 2.28. The number of benzene rings is 3. The van der Waals surface area contributed by atoms with Crippen molar-refractivity contribution in [2.75, 3.05) is 26.2 Å². The molecule has 1 atom stereocenters. The zero-order chi connectivity index (χ0) is 35.1. The number of halogens is 1. The monoisotopic (exact) mass is 696 g/mol. The lowest BCUT2D eigenvalue weighted by Gasteiger charge is -2.15. The van der Waals surface area contributed by atoms with Crippen molar-refractivity contribution in [2.24, 2.45) is 5.92 Å². The van der Waals surface area contributed by atoms with E-state index in [9.17, 15) is 15.2 Å². The van der Waals surface area contributed by atoms with Gasteiger partial charge in [0.2, 0.25) is 5.89 Å². The smallest absolute Gasteiger partial charge is 0.307 e. The molecule has 51 heavy (non-hydrogen) atoms. The van der Waals surface area contributed by atoms with Crippen molar-refractivity contribution >= 4 is 39.6 Å². The maximum atomic E-state index is 11.5. The molecule has 0 saturated carbocycles. The van der Waals surface area contributed by atoms with Crippen LogP contribution < -0.4 is 0 Å². The van der Waals surface area contributed by atoms with Crippen LogP contribution in [0.5, 0.6) is 0 Å². The number of hydrogen-bond donors (Lipinski definition) is 1. The number of likely N-dealkylation sites (tertiary alicyclic amines) is 2. The second kappa shape index (κ2) is 13.9. The van der Waals surface area contributed by atoms with Gasteiger partial charge in [-0.3, -0.25) is 24.6 Å². The minimum Gasteiger partial charge on any atom is -0.481 e. The van der Waals surface area contributed by atoms with Crippen LogP contribution in [0.4, 0.5) is 0 Å². The van der Waals surface area contributed by atoms with E-state index in [1.54, 1.807) is 0 Å². The molecule has 2 aliphatic rings. The summed E-state index contributed by atoms with van der Waals surface area (Å²) in [6.07, 6.45) is 7.52. The number of nitrogens with zero attached hydrogens (tertiary/aromatic N) is 6. The predicted octanol–water partition coefficient (Wildman–Crippen LogP) is 8.03. The third kappa shape index (κ3) is 6.59. The highest BCUT2D eigenvalue weighted by molar-refractivity contribution is 6.34. The molecule has 2 fully saturated rings.